The van der Waals surface area contributed by atoms with E-state index in [9.17, 15) is 23.3 Å². The minimum Gasteiger partial charge on any atom is -0.476 e. The summed E-state index contributed by atoms with van der Waals surface area (Å²) in [6.45, 7) is 13.4. The minimum absolute atomic E-state index is 0.000868. The number of amides is 1. The van der Waals surface area contributed by atoms with E-state index in [0.29, 0.717) is 55.8 Å². The Kier molecular flexibility index (Phi) is 13.0. The van der Waals surface area contributed by atoms with Gasteiger partial charge in [0.2, 0.25) is 5.88 Å². The molecule has 1 aliphatic carbocycles. The summed E-state index contributed by atoms with van der Waals surface area (Å²) in [7, 11) is -4.58. The van der Waals surface area contributed by atoms with Gasteiger partial charge in [-0.3, -0.25) is 19.8 Å². The van der Waals surface area contributed by atoms with Gasteiger partial charge in [-0.1, -0.05) is 50.1 Å². The molecule has 3 aromatic carbocycles. The van der Waals surface area contributed by atoms with Crippen LogP contribution in [0.1, 0.15) is 68.8 Å². The highest BCUT2D eigenvalue weighted by atomic mass is 35.5. The fourth-order valence-corrected chi connectivity index (χ4v) is 10.7. The van der Waals surface area contributed by atoms with Gasteiger partial charge in [-0.15, -0.1) is 0 Å². The predicted octanol–water partition coefficient (Wildman–Crippen LogP) is 9.03. The van der Waals surface area contributed by atoms with Crippen molar-refractivity contribution in [3.8, 4) is 5.88 Å². The summed E-state index contributed by atoms with van der Waals surface area (Å²) < 4.78 is 41.9. The van der Waals surface area contributed by atoms with E-state index < -0.39 is 31.4 Å². The van der Waals surface area contributed by atoms with Gasteiger partial charge in [0.05, 0.1) is 27.7 Å². The van der Waals surface area contributed by atoms with E-state index in [1.807, 2.05) is 48.2 Å². The number of sulfonamides is 1. The zero-order valence-electron chi connectivity index (χ0n) is 37.6. The van der Waals surface area contributed by atoms with Crippen LogP contribution in [0.4, 0.5) is 28.4 Å². The third-order valence-corrected chi connectivity index (χ3v) is 15.0. The Hall–Kier alpha value is -5.68. The lowest BCUT2D eigenvalue weighted by molar-refractivity contribution is -0.384. The van der Waals surface area contributed by atoms with Crippen molar-refractivity contribution < 1.29 is 27.6 Å². The number of H-pyrrole nitrogens is 1. The summed E-state index contributed by atoms with van der Waals surface area (Å²) >= 11 is 6.28. The number of anilines is 4. The second-order valence-electron chi connectivity index (χ2n) is 19.0. The van der Waals surface area contributed by atoms with Crippen molar-refractivity contribution in [2.75, 3.05) is 80.8 Å². The van der Waals surface area contributed by atoms with Gasteiger partial charge >= 0.3 is 0 Å². The Morgan fingerprint density at radius 3 is 2.53 bits per heavy atom. The van der Waals surface area contributed by atoms with E-state index in [0.717, 1.165) is 87.0 Å². The monoisotopic (exact) mass is 936 g/mol. The maximum atomic E-state index is 14.5. The Morgan fingerprint density at radius 1 is 1.00 bits per heavy atom. The summed E-state index contributed by atoms with van der Waals surface area (Å²) in [6, 6.07) is 21.2. The first kappa shape index (κ1) is 45.5. The number of nitrogens with one attached hydrogen (secondary N) is 3. The van der Waals surface area contributed by atoms with Crippen LogP contribution in [0.5, 0.6) is 5.88 Å². The number of rotatable bonds is 12. The molecular formula is C49H57ClN8O7S. The highest BCUT2D eigenvalue weighted by Crippen LogP contribution is 2.44. The number of benzene rings is 3. The highest BCUT2D eigenvalue weighted by Gasteiger charge is 2.33. The SMILES string of the molecule is C[C@H]1COc2nc3[nH]ccc3cc2N(c2cc(N3CCN(CC4=C(c5ccc(Cl)cc5)CC(C)(C)CC4)CC3)ccc2C(=O)NS(=O)(=O)c2ccc(NCC3CCOCC3)c([N+](=O)[O-])c2)C1. The number of nitrogens with zero attached hydrogens (tertiary/aromatic N) is 5. The molecule has 17 heteroatoms. The van der Waals surface area contributed by atoms with E-state index in [1.54, 1.807) is 12.3 Å². The minimum atomic E-state index is -4.58. The number of carbonyl (C=O) groups excluding carboxylic acids is 1. The summed E-state index contributed by atoms with van der Waals surface area (Å²) in [5.41, 5.74) is 6.94. The molecule has 5 heterocycles. The molecular weight excluding hydrogens is 880 g/mol. The second-order valence-corrected chi connectivity index (χ2v) is 21.1. The lowest BCUT2D eigenvalue weighted by Crippen LogP contribution is -2.47. The number of ether oxygens (including phenoxy) is 2. The van der Waals surface area contributed by atoms with Crippen molar-refractivity contribution in [1.82, 2.24) is 19.6 Å². The Balaban J connectivity index is 0.998. The third-order valence-electron chi connectivity index (χ3n) is 13.4. The average molecular weight is 938 g/mol. The largest absolute Gasteiger partial charge is 0.476 e. The maximum Gasteiger partial charge on any atom is 0.293 e. The topological polar surface area (TPSA) is 175 Å². The molecule has 9 rings (SSSR count). The van der Waals surface area contributed by atoms with Crippen LogP contribution in [0.3, 0.4) is 0 Å². The predicted molar refractivity (Wildman–Crippen MR) is 259 cm³/mol. The number of fused-ring (bicyclic) bond motifs is 2. The molecule has 0 spiro atoms. The number of aromatic nitrogens is 2. The van der Waals surface area contributed by atoms with Crippen molar-refractivity contribution in [2.24, 2.45) is 17.3 Å². The molecule has 3 aliphatic heterocycles. The Morgan fingerprint density at radius 2 is 1.77 bits per heavy atom. The van der Waals surface area contributed by atoms with Gasteiger partial charge in [0.1, 0.15) is 17.0 Å². The molecule has 2 aromatic heterocycles. The number of nitro benzene ring substituents is 1. The van der Waals surface area contributed by atoms with Gasteiger partial charge in [-0.2, -0.15) is 4.98 Å². The van der Waals surface area contributed by atoms with Crippen molar-refractivity contribution in [3.05, 3.63) is 111 Å². The molecule has 66 heavy (non-hydrogen) atoms. The van der Waals surface area contributed by atoms with Gasteiger partial charge in [-0.05, 0) is 109 Å². The third kappa shape index (κ3) is 10.0. The van der Waals surface area contributed by atoms with Crippen LogP contribution in [0.15, 0.2) is 89.5 Å². The Bertz CT molecular complexity index is 2760. The standard InChI is InChI=1S/C49H57ClN8O7S/c1-32-29-57(45-24-35-13-17-51-46(35)53-48(45)65-31-32)43-25-38(56-20-18-55(19-21-56)30-36-12-16-49(2,3)27-41(36)34-4-6-37(50)7-5-34)8-10-40(43)47(59)54-66(62,63)39-9-11-42(44(26-39)58(60)61)52-28-33-14-22-64-23-15-33/h4-11,13,17,24-26,32-33,52H,12,14-16,18-23,27-31H2,1-3H3,(H,51,53)(H,54,59)/t32-/m1/s1. The molecule has 15 nitrogen and oxygen atoms in total. The van der Waals surface area contributed by atoms with E-state index in [2.05, 4.69) is 50.8 Å². The Labute approximate surface area is 390 Å². The van der Waals surface area contributed by atoms with E-state index in [1.165, 1.54) is 28.8 Å². The lowest BCUT2D eigenvalue weighted by Gasteiger charge is -2.39. The first-order valence-electron chi connectivity index (χ1n) is 22.8. The van der Waals surface area contributed by atoms with Crippen LogP contribution in [0.25, 0.3) is 16.6 Å². The molecule has 4 aliphatic rings. The van der Waals surface area contributed by atoms with Gasteiger partial charge in [0.15, 0.2) is 0 Å². The number of carbonyl (C=O) groups is 1. The summed E-state index contributed by atoms with van der Waals surface area (Å²) in [5, 5.41) is 16.9. The van der Waals surface area contributed by atoms with Crippen LogP contribution in [0, 0.1) is 27.4 Å². The number of pyridine rings is 1. The van der Waals surface area contributed by atoms with Crippen molar-refractivity contribution in [1.29, 1.82) is 0 Å². The van der Waals surface area contributed by atoms with Crippen LogP contribution in [0.2, 0.25) is 5.02 Å². The molecule has 5 aromatic rings. The molecule has 0 radical (unpaired) electrons. The summed E-state index contributed by atoms with van der Waals surface area (Å²) in [6.07, 6.45) is 6.66. The zero-order chi connectivity index (χ0) is 46.2. The fourth-order valence-electron chi connectivity index (χ4n) is 9.62. The van der Waals surface area contributed by atoms with E-state index >= 15 is 0 Å². The zero-order valence-corrected chi connectivity index (χ0v) is 39.2. The quantitative estimate of drug-likeness (QED) is 0.0801. The van der Waals surface area contributed by atoms with E-state index in [-0.39, 0.29) is 28.5 Å². The second kappa shape index (κ2) is 18.9. The summed E-state index contributed by atoms with van der Waals surface area (Å²) in [5.74, 6) is -0.209. The molecule has 1 amide bonds. The molecule has 2 fully saturated rings. The highest BCUT2D eigenvalue weighted by molar-refractivity contribution is 7.90. The smallest absolute Gasteiger partial charge is 0.293 e. The number of nitro groups is 1. The number of allylic oxidation sites excluding steroid dienone is 1. The molecule has 3 N–H and O–H groups in total. The van der Waals surface area contributed by atoms with Gasteiger partial charge in [-0.25, -0.2) is 13.1 Å². The number of hydrogen-bond donors (Lipinski definition) is 3. The van der Waals surface area contributed by atoms with Crippen LogP contribution >= 0.6 is 11.6 Å². The molecule has 1 atom stereocenters. The first-order valence-corrected chi connectivity index (χ1v) is 24.7. The van der Waals surface area contributed by atoms with Crippen LogP contribution in [-0.2, 0) is 14.8 Å². The number of halogens is 1. The molecule has 2 saturated heterocycles. The summed E-state index contributed by atoms with van der Waals surface area (Å²) in [4.78, 5) is 40.4. The fraction of sp³-hybridized carbons (Fsp3) is 0.429. The number of aromatic amines is 1. The first-order chi connectivity index (χ1) is 31.7. The molecule has 0 unspecified atom stereocenters. The van der Waals surface area contributed by atoms with E-state index in [4.69, 9.17) is 26.1 Å². The molecule has 0 bridgehead atoms. The number of hydrogen-bond acceptors (Lipinski definition) is 12. The van der Waals surface area contributed by atoms with Crippen molar-refractivity contribution >= 4 is 72.6 Å². The molecule has 0 saturated carbocycles. The van der Waals surface area contributed by atoms with Gasteiger partial charge < -0.3 is 29.6 Å². The normalized spacial score (nSPS) is 19.5. The average Bonchev–Trinajstić information content (AvgIpc) is 3.71. The lowest BCUT2D eigenvalue weighted by atomic mass is 9.72. The molecule has 348 valence electrons. The van der Waals surface area contributed by atoms with Crippen molar-refractivity contribution in [3.63, 3.8) is 0 Å². The van der Waals surface area contributed by atoms with Crippen LogP contribution in [-0.4, -0.2) is 99.8 Å². The van der Waals surface area contributed by atoms with Crippen LogP contribution < -0.4 is 24.6 Å². The van der Waals surface area contributed by atoms with Crippen molar-refractivity contribution in [2.45, 2.75) is 57.8 Å². The van der Waals surface area contributed by atoms with Gasteiger partial charge in [0.25, 0.3) is 21.6 Å². The van der Waals surface area contributed by atoms with Gasteiger partial charge in [0, 0.05) is 93.3 Å². The maximum absolute atomic E-state index is 14.5. The number of piperazine rings is 1.